The Balaban J connectivity index is 3.00. The Bertz CT molecular complexity index is 448. The van der Waals surface area contributed by atoms with Crippen LogP contribution in [0.1, 0.15) is 41.2 Å². The second kappa shape index (κ2) is 6.23. The molecule has 1 rings (SSSR count). The van der Waals surface area contributed by atoms with E-state index in [1.165, 1.54) is 0 Å². The minimum atomic E-state index is -0.404. The third-order valence-corrected chi connectivity index (χ3v) is 2.68. The van der Waals surface area contributed by atoms with Crippen LogP contribution in [0, 0.1) is 13.8 Å². The van der Waals surface area contributed by atoms with E-state index in [1.54, 1.807) is 13.8 Å². The fourth-order valence-corrected chi connectivity index (χ4v) is 1.76. The average Bonchev–Trinajstić information content (AvgIpc) is 2.55. The Morgan fingerprint density at radius 1 is 1.11 bits per heavy atom. The van der Waals surface area contributed by atoms with E-state index in [2.05, 4.69) is 4.98 Å². The maximum atomic E-state index is 11.8. The molecule has 0 atom stereocenters. The Kier molecular flexibility index (Phi) is 4.95. The monoisotopic (exact) mass is 253 g/mol. The molecule has 5 heteroatoms. The van der Waals surface area contributed by atoms with Crippen molar-refractivity contribution >= 4 is 11.9 Å². The van der Waals surface area contributed by atoms with Crippen LogP contribution in [0.5, 0.6) is 0 Å². The molecule has 1 aromatic heterocycles. The lowest BCUT2D eigenvalue weighted by molar-refractivity contribution is -0.142. The topological polar surface area (TPSA) is 68.4 Å². The van der Waals surface area contributed by atoms with Gasteiger partial charge < -0.3 is 14.5 Å². The van der Waals surface area contributed by atoms with Crippen molar-refractivity contribution < 1.29 is 19.1 Å². The Labute approximate surface area is 106 Å². The highest BCUT2D eigenvalue weighted by Gasteiger charge is 2.21. The van der Waals surface area contributed by atoms with Gasteiger partial charge in [0.2, 0.25) is 0 Å². The third-order valence-electron chi connectivity index (χ3n) is 2.68. The first-order valence-corrected chi connectivity index (χ1v) is 6.02. The molecule has 1 N–H and O–H groups in total. The Hall–Kier alpha value is -1.78. The highest BCUT2D eigenvalue weighted by atomic mass is 16.5. The number of aromatic amines is 1. The number of rotatable bonds is 5. The zero-order chi connectivity index (χ0) is 13.7. The van der Waals surface area contributed by atoms with E-state index in [0.717, 1.165) is 11.3 Å². The normalized spacial score (nSPS) is 10.2. The van der Waals surface area contributed by atoms with Gasteiger partial charge in [-0.2, -0.15) is 0 Å². The molecule has 5 nitrogen and oxygen atoms in total. The van der Waals surface area contributed by atoms with Gasteiger partial charge in [-0.15, -0.1) is 0 Å². The number of H-pyrrole nitrogens is 1. The molecule has 1 aromatic rings. The lowest BCUT2D eigenvalue weighted by atomic mass is 10.1. The molecular weight excluding hydrogens is 234 g/mol. The van der Waals surface area contributed by atoms with Gasteiger partial charge in [-0.25, -0.2) is 4.79 Å². The molecule has 0 aliphatic rings. The summed E-state index contributed by atoms with van der Waals surface area (Å²) in [7, 11) is 0. The number of hydrogen-bond acceptors (Lipinski definition) is 4. The van der Waals surface area contributed by atoms with Gasteiger partial charge in [-0.3, -0.25) is 4.79 Å². The van der Waals surface area contributed by atoms with Crippen molar-refractivity contribution in [3.05, 3.63) is 22.5 Å². The molecule has 0 fully saturated rings. The predicted octanol–water partition coefficient (Wildman–Crippen LogP) is 1.91. The summed E-state index contributed by atoms with van der Waals surface area (Å²) < 4.78 is 9.87. The van der Waals surface area contributed by atoms with Gasteiger partial charge in [0.05, 0.1) is 25.2 Å². The van der Waals surface area contributed by atoms with E-state index in [9.17, 15) is 9.59 Å². The first kappa shape index (κ1) is 14.3. The summed E-state index contributed by atoms with van der Waals surface area (Å²) in [4.78, 5) is 26.4. The molecule has 0 saturated carbocycles. The summed E-state index contributed by atoms with van der Waals surface area (Å²) in [6.45, 7) is 7.81. The van der Waals surface area contributed by atoms with E-state index < -0.39 is 5.97 Å². The van der Waals surface area contributed by atoms with Gasteiger partial charge in [0, 0.05) is 11.4 Å². The number of nitrogens with one attached hydrogen (secondary N) is 1. The molecule has 0 unspecified atom stereocenters. The lowest BCUT2D eigenvalue weighted by Gasteiger charge is -2.05. The van der Waals surface area contributed by atoms with Gasteiger partial charge in [-0.05, 0) is 33.3 Å². The van der Waals surface area contributed by atoms with E-state index in [-0.39, 0.29) is 12.4 Å². The quantitative estimate of drug-likeness (QED) is 0.814. The van der Waals surface area contributed by atoms with Gasteiger partial charge in [0.25, 0.3) is 0 Å². The molecule has 18 heavy (non-hydrogen) atoms. The summed E-state index contributed by atoms with van der Waals surface area (Å²) >= 11 is 0. The molecular formula is C13H19NO4. The van der Waals surface area contributed by atoms with Crippen molar-refractivity contribution in [2.24, 2.45) is 0 Å². The molecule has 0 amide bonds. The van der Waals surface area contributed by atoms with E-state index >= 15 is 0 Å². The summed E-state index contributed by atoms with van der Waals surface area (Å²) in [5, 5.41) is 0. The Morgan fingerprint density at radius 3 is 2.28 bits per heavy atom. The van der Waals surface area contributed by atoms with Gasteiger partial charge in [0.1, 0.15) is 0 Å². The number of hydrogen-bond donors (Lipinski definition) is 1. The maximum absolute atomic E-state index is 11.8. The van der Waals surface area contributed by atoms with Crippen molar-refractivity contribution in [1.29, 1.82) is 0 Å². The van der Waals surface area contributed by atoms with E-state index in [0.29, 0.717) is 24.5 Å². The second-order valence-corrected chi connectivity index (χ2v) is 3.93. The van der Waals surface area contributed by atoms with Crippen molar-refractivity contribution in [3.63, 3.8) is 0 Å². The minimum absolute atomic E-state index is 0.0522. The molecule has 0 bridgehead atoms. The lowest BCUT2D eigenvalue weighted by Crippen LogP contribution is -2.13. The van der Waals surface area contributed by atoms with E-state index in [4.69, 9.17) is 9.47 Å². The van der Waals surface area contributed by atoms with Crippen molar-refractivity contribution in [3.8, 4) is 0 Å². The van der Waals surface area contributed by atoms with Crippen LogP contribution in [-0.4, -0.2) is 30.1 Å². The SMILES string of the molecule is CCOC(=O)Cc1[nH]c(C)c(C)c1C(=O)OCC. The number of aromatic nitrogens is 1. The summed E-state index contributed by atoms with van der Waals surface area (Å²) in [5.41, 5.74) is 2.68. The van der Waals surface area contributed by atoms with Crippen LogP contribution in [0.15, 0.2) is 0 Å². The highest BCUT2D eigenvalue weighted by molar-refractivity contribution is 5.94. The summed E-state index contributed by atoms with van der Waals surface area (Å²) in [6.07, 6.45) is 0.0522. The number of carbonyl (C=O) groups is 2. The first-order chi connectivity index (χ1) is 8.51. The molecule has 100 valence electrons. The smallest absolute Gasteiger partial charge is 0.340 e. The van der Waals surface area contributed by atoms with Gasteiger partial charge in [0.15, 0.2) is 0 Å². The number of ether oxygens (including phenoxy) is 2. The Morgan fingerprint density at radius 2 is 1.72 bits per heavy atom. The van der Waals surface area contributed by atoms with Gasteiger partial charge >= 0.3 is 11.9 Å². The van der Waals surface area contributed by atoms with E-state index in [1.807, 2.05) is 13.8 Å². The number of aryl methyl sites for hydroxylation is 1. The van der Waals surface area contributed by atoms with Crippen molar-refractivity contribution in [2.45, 2.75) is 34.1 Å². The zero-order valence-electron chi connectivity index (χ0n) is 11.3. The fraction of sp³-hybridized carbons (Fsp3) is 0.538. The molecule has 0 aromatic carbocycles. The van der Waals surface area contributed by atoms with Crippen LogP contribution in [0.25, 0.3) is 0 Å². The maximum Gasteiger partial charge on any atom is 0.340 e. The van der Waals surface area contributed by atoms with Crippen LogP contribution < -0.4 is 0 Å². The van der Waals surface area contributed by atoms with Crippen LogP contribution in [0.2, 0.25) is 0 Å². The van der Waals surface area contributed by atoms with Crippen LogP contribution in [0.3, 0.4) is 0 Å². The third kappa shape index (κ3) is 3.12. The van der Waals surface area contributed by atoms with Crippen molar-refractivity contribution in [2.75, 3.05) is 13.2 Å². The number of carbonyl (C=O) groups excluding carboxylic acids is 2. The molecule has 0 aliphatic heterocycles. The van der Waals surface area contributed by atoms with Crippen LogP contribution in [0.4, 0.5) is 0 Å². The number of esters is 2. The second-order valence-electron chi connectivity index (χ2n) is 3.93. The fourth-order valence-electron chi connectivity index (χ4n) is 1.76. The first-order valence-electron chi connectivity index (χ1n) is 6.02. The molecule has 0 radical (unpaired) electrons. The summed E-state index contributed by atoms with van der Waals surface area (Å²) in [6, 6.07) is 0. The molecule has 1 heterocycles. The largest absolute Gasteiger partial charge is 0.466 e. The minimum Gasteiger partial charge on any atom is -0.466 e. The van der Waals surface area contributed by atoms with Crippen LogP contribution in [-0.2, 0) is 20.7 Å². The van der Waals surface area contributed by atoms with Gasteiger partial charge in [-0.1, -0.05) is 0 Å². The highest BCUT2D eigenvalue weighted by Crippen LogP contribution is 2.19. The summed E-state index contributed by atoms with van der Waals surface area (Å²) in [5.74, 6) is -0.761. The van der Waals surface area contributed by atoms with Crippen LogP contribution >= 0.6 is 0 Å². The standard InChI is InChI=1S/C13H19NO4/c1-5-17-11(15)7-10-12(13(16)18-6-2)8(3)9(4)14-10/h14H,5-7H2,1-4H3. The molecule has 0 spiro atoms. The van der Waals surface area contributed by atoms with Crippen molar-refractivity contribution in [1.82, 2.24) is 4.98 Å². The molecule has 0 saturated heterocycles. The zero-order valence-corrected chi connectivity index (χ0v) is 11.3. The average molecular weight is 253 g/mol. The predicted molar refractivity (Wildman–Crippen MR) is 66.6 cm³/mol. The molecule has 0 aliphatic carbocycles.